The number of hydrogen-bond acceptors (Lipinski definition) is 4. The van der Waals surface area contributed by atoms with Crippen LogP contribution in [-0.2, 0) is 0 Å². The van der Waals surface area contributed by atoms with Gasteiger partial charge in [-0.15, -0.1) is 0 Å². The Morgan fingerprint density at radius 2 is 2.25 bits per heavy atom. The molecule has 1 heterocycles. The summed E-state index contributed by atoms with van der Waals surface area (Å²) >= 11 is 0. The fourth-order valence-corrected chi connectivity index (χ4v) is 2.75. The van der Waals surface area contributed by atoms with Gasteiger partial charge in [0.25, 0.3) is 0 Å². The number of hydrogen-bond donors (Lipinski definition) is 2. The number of likely N-dealkylation sites (tertiary alicyclic amines) is 1. The summed E-state index contributed by atoms with van der Waals surface area (Å²) in [6.07, 6.45) is 2.72. The smallest absolute Gasteiger partial charge is 0.144 e. The van der Waals surface area contributed by atoms with Crippen molar-refractivity contribution < 1.29 is 4.74 Å². The van der Waals surface area contributed by atoms with Gasteiger partial charge in [-0.3, -0.25) is 0 Å². The van der Waals surface area contributed by atoms with Gasteiger partial charge in [0, 0.05) is 13.1 Å². The van der Waals surface area contributed by atoms with Crippen molar-refractivity contribution in [2.24, 2.45) is 5.92 Å². The van der Waals surface area contributed by atoms with Crippen LogP contribution in [0.4, 0.5) is 11.4 Å². The van der Waals surface area contributed by atoms with Crippen LogP contribution in [0, 0.1) is 5.92 Å². The lowest BCUT2D eigenvalue weighted by Crippen LogP contribution is -2.35. The number of piperidine rings is 1. The average molecular weight is 277 g/mol. The normalized spacial score (nSPS) is 20.1. The summed E-state index contributed by atoms with van der Waals surface area (Å²) in [6.45, 7) is 7.37. The maximum absolute atomic E-state index is 6.18. The number of nitrogen functional groups attached to an aromatic ring is 1. The van der Waals surface area contributed by atoms with E-state index in [0.29, 0.717) is 11.6 Å². The molecule has 0 aromatic heterocycles. The minimum Gasteiger partial charge on any atom is -0.489 e. The van der Waals surface area contributed by atoms with Gasteiger partial charge in [0.2, 0.25) is 0 Å². The van der Waals surface area contributed by atoms with E-state index in [0.717, 1.165) is 24.5 Å². The van der Waals surface area contributed by atoms with Crippen LogP contribution in [0.1, 0.15) is 26.7 Å². The van der Waals surface area contributed by atoms with Crippen LogP contribution in [0.15, 0.2) is 18.2 Å². The molecule has 0 radical (unpaired) electrons. The van der Waals surface area contributed by atoms with Crippen molar-refractivity contribution in [1.29, 1.82) is 0 Å². The molecule has 1 fully saturated rings. The molecule has 0 aliphatic carbocycles. The fraction of sp³-hybridized carbons (Fsp3) is 0.625. The molecule has 3 N–H and O–H groups in total. The van der Waals surface area contributed by atoms with E-state index in [-0.39, 0.29) is 6.10 Å². The number of nitrogens with one attached hydrogen (secondary N) is 1. The predicted octanol–water partition coefficient (Wildman–Crippen LogP) is 2.81. The Morgan fingerprint density at radius 3 is 2.95 bits per heavy atom. The molecule has 112 valence electrons. The van der Waals surface area contributed by atoms with E-state index in [4.69, 9.17) is 10.5 Å². The minimum absolute atomic E-state index is 0.138. The maximum atomic E-state index is 6.18. The molecule has 4 nitrogen and oxygen atoms in total. The highest BCUT2D eigenvalue weighted by atomic mass is 16.5. The highest BCUT2D eigenvalue weighted by Gasteiger charge is 2.17. The van der Waals surface area contributed by atoms with Gasteiger partial charge in [-0.1, -0.05) is 6.07 Å². The van der Waals surface area contributed by atoms with Crippen molar-refractivity contribution in [3.05, 3.63) is 18.2 Å². The second-order valence-corrected chi connectivity index (χ2v) is 6.04. The summed E-state index contributed by atoms with van der Waals surface area (Å²) in [6, 6.07) is 5.94. The quantitative estimate of drug-likeness (QED) is 0.813. The predicted molar refractivity (Wildman–Crippen MR) is 85.3 cm³/mol. The monoisotopic (exact) mass is 277 g/mol. The van der Waals surface area contributed by atoms with Gasteiger partial charge in [0.05, 0.1) is 17.5 Å². The molecule has 2 rings (SSSR count). The summed E-state index contributed by atoms with van der Waals surface area (Å²) in [5.41, 5.74) is 7.87. The number of para-hydroxylation sites is 1. The summed E-state index contributed by atoms with van der Waals surface area (Å²) in [5.74, 6) is 1.47. The highest BCUT2D eigenvalue weighted by Crippen LogP contribution is 2.30. The molecular weight excluding hydrogens is 250 g/mol. The van der Waals surface area contributed by atoms with Gasteiger partial charge < -0.3 is 20.7 Å². The molecule has 4 heteroatoms. The number of benzene rings is 1. The largest absolute Gasteiger partial charge is 0.489 e. The van der Waals surface area contributed by atoms with E-state index in [1.165, 1.54) is 19.4 Å². The van der Waals surface area contributed by atoms with Gasteiger partial charge in [0.1, 0.15) is 5.75 Å². The van der Waals surface area contributed by atoms with E-state index in [1.54, 1.807) is 0 Å². The van der Waals surface area contributed by atoms with Crippen molar-refractivity contribution in [3.63, 3.8) is 0 Å². The first kappa shape index (κ1) is 15.0. The third-order valence-electron chi connectivity index (χ3n) is 3.73. The molecule has 0 bridgehead atoms. The molecule has 20 heavy (non-hydrogen) atoms. The zero-order chi connectivity index (χ0) is 14.5. The van der Waals surface area contributed by atoms with Crippen molar-refractivity contribution in [2.75, 3.05) is 37.7 Å². The molecule has 0 saturated carbocycles. The molecule has 1 aliphatic heterocycles. The number of nitrogens with two attached hydrogens (primary N) is 1. The fourth-order valence-electron chi connectivity index (χ4n) is 2.75. The van der Waals surface area contributed by atoms with Crippen LogP contribution >= 0.6 is 0 Å². The van der Waals surface area contributed by atoms with Crippen molar-refractivity contribution in [3.8, 4) is 5.75 Å². The molecule has 1 saturated heterocycles. The molecule has 1 atom stereocenters. The number of anilines is 2. The van der Waals surface area contributed by atoms with Gasteiger partial charge in [0.15, 0.2) is 0 Å². The van der Waals surface area contributed by atoms with Crippen LogP contribution in [0.3, 0.4) is 0 Å². The van der Waals surface area contributed by atoms with Crippen LogP contribution in [0.5, 0.6) is 5.75 Å². The Balaban J connectivity index is 1.95. The topological polar surface area (TPSA) is 50.5 Å². The molecule has 1 aromatic rings. The minimum atomic E-state index is 0.138. The first-order valence-electron chi connectivity index (χ1n) is 7.54. The Labute approximate surface area is 122 Å². The van der Waals surface area contributed by atoms with Crippen molar-refractivity contribution in [1.82, 2.24) is 4.90 Å². The first-order chi connectivity index (χ1) is 9.56. The molecular formula is C16H27N3O. The third-order valence-corrected chi connectivity index (χ3v) is 3.73. The first-order valence-corrected chi connectivity index (χ1v) is 7.54. The zero-order valence-electron chi connectivity index (χ0n) is 12.9. The number of ether oxygens (including phenoxy) is 1. The SMILES string of the molecule is CC(C)Oc1cccc(NCC2CCCN(C)C2)c1N. The van der Waals surface area contributed by atoms with Crippen LogP contribution in [0.2, 0.25) is 0 Å². The summed E-state index contributed by atoms with van der Waals surface area (Å²) in [5, 5.41) is 3.49. The molecule has 0 amide bonds. The summed E-state index contributed by atoms with van der Waals surface area (Å²) in [4.78, 5) is 2.40. The van der Waals surface area contributed by atoms with E-state index in [2.05, 4.69) is 17.3 Å². The third kappa shape index (κ3) is 4.04. The zero-order valence-corrected chi connectivity index (χ0v) is 12.9. The lowest BCUT2D eigenvalue weighted by atomic mass is 9.98. The van der Waals surface area contributed by atoms with Crippen LogP contribution < -0.4 is 15.8 Å². The Hall–Kier alpha value is -1.42. The lowest BCUT2D eigenvalue weighted by Gasteiger charge is -2.30. The molecule has 1 unspecified atom stereocenters. The van der Waals surface area contributed by atoms with E-state index < -0.39 is 0 Å². The van der Waals surface area contributed by atoms with E-state index in [9.17, 15) is 0 Å². The summed E-state index contributed by atoms with van der Waals surface area (Å²) < 4.78 is 5.72. The highest BCUT2D eigenvalue weighted by molar-refractivity contribution is 5.72. The Morgan fingerprint density at radius 1 is 1.45 bits per heavy atom. The maximum Gasteiger partial charge on any atom is 0.144 e. The van der Waals surface area contributed by atoms with Crippen LogP contribution in [0.25, 0.3) is 0 Å². The molecule has 0 spiro atoms. The Bertz CT molecular complexity index is 434. The van der Waals surface area contributed by atoms with E-state index >= 15 is 0 Å². The van der Waals surface area contributed by atoms with Gasteiger partial charge in [-0.25, -0.2) is 0 Å². The van der Waals surface area contributed by atoms with Gasteiger partial charge in [-0.2, -0.15) is 0 Å². The average Bonchev–Trinajstić information content (AvgIpc) is 2.39. The van der Waals surface area contributed by atoms with Crippen molar-refractivity contribution >= 4 is 11.4 Å². The van der Waals surface area contributed by atoms with Crippen LogP contribution in [-0.4, -0.2) is 37.7 Å². The number of nitrogens with zero attached hydrogens (tertiary/aromatic N) is 1. The van der Waals surface area contributed by atoms with Gasteiger partial charge in [-0.05, 0) is 58.3 Å². The standard InChI is InChI=1S/C16H27N3O/c1-12(2)20-15-8-4-7-14(16(15)17)18-10-13-6-5-9-19(3)11-13/h4,7-8,12-13,18H,5-6,9-11,17H2,1-3H3. The molecule has 1 aliphatic rings. The second-order valence-electron chi connectivity index (χ2n) is 6.04. The Kier molecular flexibility index (Phi) is 5.12. The summed E-state index contributed by atoms with van der Waals surface area (Å²) in [7, 11) is 2.19. The number of rotatable bonds is 5. The second kappa shape index (κ2) is 6.84. The lowest BCUT2D eigenvalue weighted by molar-refractivity contribution is 0.217. The van der Waals surface area contributed by atoms with E-state index in [1.807, 2.05) is 32.0 Å². The van der Waals surface area contributed by atoms with Crippen molar-refractivity contribution in [2.45, 2.75) is 32.8 Å². The molecule has 1 aromatic carbocycles. The van der Waals surface area contributed by atoms with Gasteiger partial charge >= 0.3 is 0 Å².